The first-order chi connectivity index (χ1) is 31.8. The number of rotatable bonds is 2. The Morgan fingerprint density at radius 1 is 0.188 bits per heavy atom. The van der Waals surface area contributed by atoms with Gasteiger partial charge in [-0.15, -0.1) is 0 Å². The Balaban J connectivity index is 1.13. The Hall–Kier alpha value is -8.60. The highest BCUT2D eigenvalue weighted by atomic mass is 15.0. The van der Waals surface area contributed by atoms with Gasteiger partial charge in [-0.3, -0.25) is 0 Å². The van der Waals surface area contributed by atoms with Gasteiger partial charge in [0.2, 0.25) is 0 Å². The van der Waals surface area contributed by atoms with Crippen LogP contribution >= 0.6 is 0 Å². The van der Waals surface area contributed by atoms with Crippen molar-refractivity contribution in [1.82, 2.24) is 17.9 Å². The van der Waals surface area contributed by atoms with E-state index in [4.69, 9.17) is 0 Å². The van der Waals surface area contributed by atoms with Crippen molar-refractivity contribution in [2.45, 2.75) is 0 Å². The molecule has 4 nitrogen and oxygen atoms in total. The molecule has 5 aromatic heterocycles. The number of para-hydroxylation sites is 8. The van der Waals surface area contributed by atoms with Gasteiger partial charge in [-0.2, -0.15) is 0 Å². The molecule has 0 amide bonds. The van der Waals surface area contributed by atoms with E-state index in [1.54, 1.807) is 0 Å². The third-order valence-corrected chi connectivity index (χ3v) is 14.1. The van der Waals surface area contributed by atoms with E-state index in [9.17, 15) is 0 Å². The molecule has 0 unspecified atom stereocenters. The van der Waals surface area contributed by atoms with Gasteiger partial charge in [0.15, 0.2) is 0 Å². The normalized spacial score (nSPS) is 12.4. The summed E-state index contributed by atoms with van der Waals surface area (Å²) in [6.07, 6.45) is 0. The van der Waals surface area contributed by atoms with Crippen molar-refractivity contribution in [3.05, 3.63) is 218 Å². The molecule has 10 aromatic carbocycles. The van der Waals surface area contributed by atoms with E-state index in [1.165, 1.54) is 109 Å². The van der Waals surface area contributed by atoms with Crippen molar-refractivity contribution in [1.29, 1.82) is 0 Å². The Morgan fingerprint density at radius 2 is 0.469 bits per heavy atom. The molecule has 0 spiro atoms. The highest BCUT2D eigenvalue weighted by Crippen LogP contribution is 2.43. The summed E-state index contributed by atoms with van der Waals surface area (Å²) in [7, 11) is 0. The molecule has 0 aliphatic carbocycles. The van der Waals surface area contributed by atoms with Crippen LogP contribution in [0.2, 0.25) is 0 Å². The molecule has 5 heterocycles. The lowest BCUT2D eigenvalue weighted by molar-refractivity contribution is 1.18. The molecule has 0 aliphatic rings. The second kappa shape index (κ2) is 12.5. The predicted octanol–water partition coefficient (Wildman–Crippen LogP) is 15.9. The van der Waals surface area contributed by atoms with Crippen molar-refractivity contribution in [3.63, 3.8) is 0 Å². The van der Waals surface area contributed by atoms with Crippen LogP contribution in [0.15, 0.2) is 218 Å². The quantitative estimate of drug-likeness (QED) is 0.166. The molecule has 0 saturated carbocycles. The zero-order valence-electron chi connectivity index (χ0n) is 34.6. The Bertz CT molecular complexity index is 4160. The van der Waals surface area contributed by atoms with Crippen molar-refractivity contribution in [2.24, 2.45) is 0 Å². The van der Waals surface area contributed by atoms with Crippen molar-refractivity contribution >= 4 is 120 Å². The fourth-order valence-electron chi connectivity index (χ4n) is 11.5. The van der Waals surface area contributed by atoms with E-state index >= 15 is 0 Å². The fraction of sp³-hybridized carbons (Fsp3) is 0. The van der Waals surface area contributed by atoms with E-state index in [0.29, 0.717) is 0 Å². The number of fused-ring (bicyclic) bond motifs is 18. The third kappa shape index (κ3) is 4.36. The van der Waals surface area contributed by atoms with Gasteiger partial charge < -0.3 is 17.9 Å². The topological polar surface area (TPSA) is 18.7 Å². The zero-order chi connectivity index (χ0) is 41.6. The first-order valence-corrected chi connectivity index (χ1v) is 22.1. The highest BCUT2D eigenvalue weighted by molar-refractivity contribution is 6.26. The summed E-state index contributed by atoms with van der Waals surface area (Å²) in [6.45, 7) is 0. The van der Waals surface area contributed by atoms with Gasteiger partial charge in [0.05, 0.1) is 55.2 Å². The third-order valence-electron chi connectivity index (χ3n) is 14.1. The van der Waals surface area contributed by atoms with Crippen LogP contribution in [0.4, 0.5) is 0 Å². The fourth-order valence-corrected chi connectivity index (χ4v) is 11.5. The summed E-state index contributed by atoms with van der Waals surface area (Å²) in [5.74, 6) is 0. The van der Waals surface area contributed by atoms with Gasteiger partial charge in [-0.05, 0) is 83.6 Å². The predicted molar refractivity (Wildman–Crippen MR) is 271 cm³/mol. The minimum atomic E-state index is 1.14. The molecular weight excluding hydrogens is 777 g/mol. The highest BCUT2D eigenvalue weighted by Gasteiger charge is 2.21. The second-order valence-corrected chi connectivity index (χ2v) is 17.3. The first kappa shape index (κ1) is 34.0. The van der Waals surface area contributed by atoms with Gasteiger partial charge >= 0.3 is 0 Å². The van der Waals surface area contributed by atoms with E-state index in [2.05, 4.69) is 236 Å². The van der Waals surface area contributed by atoms with Crippen LogP contribution in [0.5, 0.6) is 0 Å². The van der Waals surface area contributed by atoms with E-state index < -0.39 is 0 Å². The molecule has 0 bridgehead atoms. The van der Waals surface area contributed by atoms with Gasteiger partial charge in [0.25, 0.3) is 0 Å². The minimum Gasteiger partial charge on any atom is -0.309 e. The summed E-state index contributed by atoms with van der Waals surface area (Å²) >= 11 is 0. The standard InChI is InChI=1S/C60H36N4/c1-2-16-40-39(15-1)45-21-13-23-47-49-35-37(61-51-25-7-3-17-41(51)42-18-4-8-26-52(42)61)31-33-55(49)63(59(45)47)57-29-11-12-30-58(57)64-56-34-32-38(36-50(56)48-24-14-22-46(40)60(48)64)62-53-27-9-5-19-43(53)44-20-6-10-28-54(44)62/h1-36H. The van der Waals surface area contributed by atoms with Gasteiger partial charge in [0.1, 0.15) is 0 Å². The maximum absolute atomic E-state index is 2.54. The van der Waals surface area contributed by atoms with Crippen LogP contribution in [0.1, 0.15) is 0 Å². The molecule has 0 atom stereocenters. The van der Waals surface area contributed by atoms with Gasteiger partial charge in [-0.25, -0.2) is 0 Å². The maximum atomic E-state index is 2.54. The van der Waals surface area contributed by atoms with Crippen LogP contribution in [0.3, 0.4) is 0 Å². The summed E-state index contributed by atoms with van der Waals surface area (Å²) < 4.78 is 9.95. The average molecular weight is 813 g/mol. The number of nitrogens with zero attached hydrogens (tertiary/aromatic N) is 4. The molecule has 0 radical (unpaired) electrons. The van der Waals surface area contributed by atoms with Crippen LogP contribution in [-0.4, -0.2) is 17.9 Å². The summed E-state index contributed by atoms with van der Waals surface area (Å²) in [5.41, 5.74) is 14.2. The number of aromatic nitrogens is 4. The molecule has 15 aromatic rings. The first-order valence-electron chi connectivity index (χ1n) is 22.1. The Kier molecular flexibility index (Phi) is 6.65. The van der Waals surface area contributed by atoms with Crippen molar-refractivity contribution in [2.75, 3.05) is 0 Å². The largest absolute Gasteiger partial charge is 0.309 e. The van der Waals surface area contributed by atoms with Crippen LogP contribution in [0.25, 0.3) is 131 Å². The van der Waals surface area contributed by atoms with Crippen LogP contribution < -0.4 is 0 Å². The molecule has 4 heteroatoms. The molecular formula is C60H36N4. The SMILES string of the molecule is c1ccc2c(c1)c1cccc3c4cc(-n5c6ccccc6c6ccccc65)ccc4n(c4ccccc4n4c5ccc(-n6c7ccccc7c7ccccc76)cc5c5cccc2c54)c13. The van der Waals surface area contributed by atoms with Crippen LogP contribution in [0, 0.1) is 0 Å². The van der Waals surface area contributed by atoms with E-state index in [1.807, 2.05) is 0 Å². The molecule has 0 saturated heterocycles. The molecule has 0 N–H and O–H groups in total. The summed E-state index contributed by atoms with van der Waals surface area (Å²) in [4.78, 5) is 0. The number of benzene rings is 10. The van der Waals surface area contributed by atoms with Crippen molar-refractivity contribution in [3.8, 4) is 11.4 Å². The summed E-state index contributed by atoms with van der Waals surface area (Å²) in [5, 5.41) is 14.8. The molecule has 15 rings (SSSR count). The smallest absolute Gasteiger partial charge is 0.0703 e. The van der Waals surface area contributed by atoms with E-state index in [-0.39, 0.29) is 0 Å². The monoisotopic (exact) mass is 812 g/mol. The summed E-state index contributed by atoms with van der Waals surface area (Å²) in [6, 6.07) is 81.1. The lowest BCUT2D eigenvalue weighted by Crippen LogP contribution is -1.95. The molecule has 296 valence electrons. The minimum absolute atomic E-state index is 1.14. The number of hydrogen-bond acceptors (Lipinski definition) is 0. The van der Waals surface area contributed by atoms with Crippen LogP contribution in [-0.2, 0) is 0 Å². The van der Waals surface area contributed by atoms with Crippen molar-refractivity contribution < 1.29 is 0 Å². The average Bonchev–Trinajstić information content (AvgIpc) is 4.08. The lowest BCUT2D eigenvalue weighted by atomic mass is 10.0. The van der Waals surface area contributed by atoms with E-state index in [0.717, 1.165) is 22.4 Å². The van der Waals surface area contributed by atoms with Gasteiger partial charge in [-0.1, -0.05) is 146 Å². The lowest BCUT2D eigenvalue weighted by Gasteiger charge is -2.11. The number of hydrogen-bond donors (Lipinski definition) is 0. The van der Waals surface area contributed by atoms with Gasteiger partial charge in [0, 0.05) is 65.2 Å². The molecule has 0 fully saturated rings. The Morgan fingerprint density at radius 3 is 0.828 bits per heavy atom. The zero-order valence-corrected chi connectivity index (χ0v) is 34.6. The molecule has 0 aliphatic heterocycles. The molecule has 64 heavy (non-hydrogen) atoms. The second-order valence-electron chi connectivity index (χ2n) is 17.3. The Labute approximate surface area is 365 Å². The maximum Gasteiger partial charge on any atom is 0.0703 e.